The summed E-state index contributed by atoms with van der Waals surface area (Å²) in [5, 5.41) is 10.3. The summed E-state index contributed by atoms with van der Waals surface area (Å²) >= 11 is 5.97. The molecule has 1 N–H and O–H groups in total. The fraction of sp³-hybridized carbons (Fsp3) is 0.250. The summed E-state index contributed by atoms with van der Waals surface area (Å²) in [6, 6.07) is 5.82. The van der Waals surface area contributed by atoms with Crippen LogP contribution < -0.4 is 0 Å². The van der Waals surface area contributed by atoms with Crippen LogP contribution in [0.15, 0.2) is 24.4 Å². The zero-order valence-corrected chi connectivity index (χ0v) is 9.57. The number of rotatable bonds is 1. The molecule has 0 spiro atoms. The van der Waals surface area contributed by atoms with Gasteiger partial charge in [-0.1, -0.05) is 17.7 Å². The molecule has 1 aromatic heterocycles. The van der Waals surface area contributed by atoms with Crippen LogP contribution in [-0.2, 0) is 6.54 Å². The van der Waals surface area contributed by atoms with Crippen LogP contribution in [-0.4, -0.2) is 14.7 Å². The molecule has 2 heterocycles. The Labute approximate surface area is 98.3 Å². The Morgan fingerprint density at radius 2 is 2.31 bits per heavy atom. The van der Waals surface area contributed by atoms with Crippen LogP contribution in [0.1, 0.15) is 24.3 Å². The van der Waals surface area contributed by atoms with Gasteiger partial charge in [0, 0.05) is 10.6 Å². The second-order valence-corrected chi connectivity index (χ2v) is 4.51. The lowest BCUT2D eigenvalue weighted by atomic mass is 10.1. The minimum atomic E-state index is -0.494. The lowest BCUT2D eigenvalue weighted by Crippen LogP contribution is -2.02. The summed E-state index contributed by atoms with van der Waals surface area (Å²) < 4.78 is 2.03. The van der Waals surface area contributed by atoms with E-state index in [4.69, 9.17) is 11.6 Å². The zero-order valence-electron chi connectivity index (χ0n) is 8.81. The molecule has 2 aromatic rings. The van der Waals surface area contributed by atoms with Crippen molar-refractivity contribution >= 4 is 11.6 Å². The van der Waals surface area contributed by atoms with Crippen molar-refractivity contribution in [1.29, 1.82) is 0 Å². The highest BCUT2D eigenvalue weighted by molar-refractivity contribution is 6.30. The number of benzene rings is 1. The van der Waals surface area contributed by atoms with Crippen LogP contribution in [0.5, 0.6) is 0 Å². The number of aliphatic hydroxyl groups excluding tert-OH is 1. The van der Waals surface area contributed by atoms with Gasteiger partial charge in [0.05, 0.1) is 24.5 Å². The highest BCUT2D eigenvalue weighted by Crippen LogP contribution is 2.35. The fourth-order valence-corrected chi connectivity index (χ4v) is 2.34. The van der Waals surface area contributed by atoms with E-state index >= 15 is 0 Å². The normalized spacial score (nSPS) is 14.7. The maximum absolute atomic E-state index is 9.62. The largest absolute Gasteiger partial charge is 0.387 e. The van der Waals surface area contributed by atoms with Crippen LogP contribution in [0.2, 0.25) is 5.02 Å². The molecule has 1 aliphatic heterocycles. The highest BCUT2D eigenvalue weighted by Gasteiger charge is 2.23. The van der Waals surface area contributed by atoms with Gasteiger partial charge in [0.1, 0.15) is 5.82 Å². The number of halogens is 1. The number of aliphatic hydroxyl groups is 1. The van der Waals surface area contributed by atoms with Gasteiger partial charge in [-0.25, -0.2) is 4.98 Å². The van der Waals surface area contributed by atoms with E-state index in [2.05, 4.69) is 4.98 Å². The Morgan fingerprint density at radius 1 is 1.50 bits per heavy atom. The summed E-state index contributed by atoms with van der Waals surface area (Å²) in [5.74, 6) is 0.897. The molecule has 3 nitrogen and oxygen atoms in total. The van der Waals surface area contributed by atoms with E-state index in [1.54, 1.807) is 13.1 Å². The molecule has 0 radical (unpaired) electrons. The molecular weight excluding hydrogens is 224 g/mol. The molecule has 0 bridgehead atoms. The van der Waals surface area contributed by atoms with E-state index in [0.717, 1.165) is 23.6 Å². The van der Waals surface area contributed by atoms with Gasteiger partial charge in [-0.15, -0.1) is 0 Å². The number of imidazole rings is 1. The third kappa shape index (κ3) is 1.29. The van der Waals surface area contributed by atoms with Gasteiger partial charge in [0.2, 0.25) is 0 Å². The van der Waals surface area contributed by atoms with E-state index in [0.29, 0.717) is 5.02 Å². The van der Waals surface area contributed by atoms with Crippen molar-refractivity contribution in [3.05, 3.63) is 40.7 Å². The first-order chi connectivity index (χ1) is 7.66. The van der Waals surface area contributed by atoms with Crippen molar-refractivity contribution in [2.75, 3.05) is 0 Å². The van der Waals surface area contributed by atoms with Crippen molar-refractivity contribution in [2.24, 2.45) is 0 Å². The standard InChI is InChI=1S/C12H11ClN2O/c1-7(16)11-5-14-12-10-4-9(13)3-2-8(10)6-15(11)12/h2-5,7,16H,6H2,1H3. The smallest absolute Gasteiger partial charge is 0.140 e. The molecule has 0 amide bonds. The molecule has 1 atom stereocenters. The first-order valence-electron chi connectivity index (χ1n) is 5.19. The van der Waals surface area contributed by atoms with Crippen LogP contribution in [0.3, 0.4) is 0 Å². The van der Waals surface area contributed by atoms with Crippen molar-refractivity contribution in [3.63, 3.8) is 0 Å². The number of fused-ring (bicyclic) bond motifs is 3. The van der Waals surface area contributed by atoms with E-state index in [-0.39, 0.29) is 0 Å². The van der Waals surface area contributed by atoms with Crippen molar-refractivity contribution in [2.45, 2.75) is 19.6 Å². The number of hydrogen-bond acceptors (Lipinski definition) is 2. The Morgan fingerprint density at radius 3 is 3.06 bits per heavy atom. The van der Waals surface area contributed by atoms with E-state index < -0.39 is 6.10 Å². The zero-order chi connectivity index (χ0) is 11.3. The monoisotopic (exact) mass is 234 g/mol. The highest BCUT2D eigenvalue weighted by atomic mass is 35.5. The average Bonchev–Trinajstić information content (AvgIpc) is 2.76. The van der Waals surface area contributed by atoms with Crippen LogP contribution >= 0.6 is 11.6 Å². The van der Waals surface area contributed by atoms with Gasteiger partial charge in [0.25, 0.3) is 0 Å². The van der Waals surface area contributed by atoms with Crippen molar-refractivity contribution in [1.82, 2.24) is 9.55 Å². The van der Waals surface area contributed by atoms with E-state index in [9.17, 15) is 5.11 Å². The Kier molecular flexibility index (Phi) is 2.06. The third-order valence-corrected chi connectivity index (χ3v) is 3.19. The predicted octanol–water partition coefficient (Wildman–Crippen LogP) is 2.62. The SMILES string of the molecule is CC(O)c1cnc2n1Cc1ccc(Cl)cc1-2. The molecule has 0 aliphatic carbocycles. The molecule has 1 aromatic carbocycles. The summed E-state index contributed by atoms with van der Waals surface area (Å²) in [7, 11) is 0. The second-order valence-electron chi connectivity index (χ2n) is 4.07. The molecule has 82 valence electrons. The van der Waals surface area contributed by atoms with E-state index in [1.165, 1.54) is 5.56 Å². The van der Waals surface area contributed by atoms with Crippen LogP contribution in [0.25, 0.3) is 11.4 Å². The average molecular weight is 235 g/mol. The molecular formula is C12H11ClN2O. The van der Waals surface area contributed by atoms with Gasteiger partial charge in [-0.05, 0) is 24.6 Å². The van der Waals surface area contributed by atoms with Gasteiger partial charge in [-0.2, -0.15) is 0 Å². The van der Waals surface area contributed by atoms with Gasteiger partial charge in [0.15, 0.2) is 0 Å². The molecule has 0 saturated heterocycles. The first kappa shape index (κ1) is 9.87. The topological polar surface area (TPSA) is 38.1 Å². The molecule has 4 heteroatoms. The lowest BCUT2D eigenvalue weighted by molar-refractivity contribution is 0.190. The first-order valence-corrected chi connectivity index (χ1v) is 5.57. The van der Waals surface area contributed by atoms with Crippen molar-refractivity contribution in [3.8, 4) is 11.4 Å². The minimum Gasteiger partial charge on any atom is -0.387 e. The summed E-state index contributed by atoms with van der Waals surface area (Å²) in [4.78, 5) is 4.34. The summed E-state index contributed by atoms with van der Waals surface area (Å²) in [6.45, 7) is 2.52. The van der Waals surface area contributed by atoms with Crippen molar-refractivity contribution < 1.29 is 5.11 Å². The second kappa shape index (κ2) is 3.34. The maximum Gasteiger partial charge on any atom is 0.140 e. The minimum absolute atomic E-state index is 0.494. The summed E-state index contributed by atoms with van der Waals surface area (Å²) in [6.07, 6.45) is 1.23. The van der Waals surface area contributed by atoms with E-state index in [1.807, 2.05) is 22.8 Å². The predicted molar refractivity (Wildman–Crippen MR) is 62.4 cm³/mol. The lowest BCUT2D eigenvalue weighted by Gasteiger charge is -2.06. The molecule has 3 rings (SSSR count). The Balaban J connectivity index is 2.19. The molecule has 1 aliphatic rings. The molecule has 0 fully saturated rings. The summed E-state index contributed by atoms with van der Waals surface area (Å²) in [5.41, 5.74) is 3.12. The third-order valence-electron chi connectivity index (χ3n) is 2.96. The van der Waals surface area contributed by atoms with Gasteiger partial charge >= 0.3 is 0 Å². The Bertz CT molecular complexity index is 560. The maximum atomic E-state index is 9.62. The molecule has 1 unspecified atom stereocenters. The Hall–Kier alpha value is -1.32. The number of nitrogens with zero attached hydrogens (tertiary/aromatic N) is 2. The van der Waals surface area contributed by atoms with Gasteiger partial charge < -0.3 is 9.67 Å². The number of aromatic nitrogens is 2. The van der Waals surface area contributed by atoms with Crippen LogP contribution in [0.4, 0.5) is 0 Å². The van der Waals surface area contributed by atoms with Gasteiger partial charge in [-0.3, -0.25) is 0 Å². The molecule has 16 heavy (non-hydrogen) atoms. The quantitative estimate of drug-likeness (QED) is 0.703. The molecule has 0 saturated carbocycles. The van der Waals surface area contributed by atoms with Crippen LogP contribution in [0, 0.1) is 0 Å². The fourth-order valence-electron chi connectivity index (χ4n) is 2.17. The number of hydrogen-bond donors (Lipinski definition) is 1.